The van der Waals surface area contributed by atoms with Gasteiger partial charge in [-0.3, -0.25) is 9.89 Å². The van der Waals surface area contributed by atoms with Gasteiger partial charge in [0, 0.05) is 18.0 Å². The first-order valence-electron chi connectivity index (χ1n) is 8.13. The number of aromatic nitrogens is 2. The lowest BCUT2D eigenvalue weighted by atomic mass is 9.99. The van der Waals surface area contributed by atoms with Crippen molar-refractivity contribution in [3.05, 3.63) is 65.4 Å². The fourth-order valence-electron chi connectivity index (χ4n) is 2.67. The standard InChI is InChI=1S/C19H22N4O.ClH/c1-12(2)13-7-9-14(10-8-13)16(20)11-21-19(24)18-15-5-3-4-6-17(15)22-23-18;/h3-10,12,16H,11,20H2,1-2H3,(H,21,24)(H,22,23);1H. The van der Waals surface area contributed by atoms with E-state index in [2.05, 4.69) is 41.5 Å². The fourth-order valence-corrected chi connectivity index (χ4v) is 2.67. The number of nitrogens with two attached hydrogens (primary N) is 1. The minimum Gasteiger partial charge on any atom is -0.349 e. The number of fused-ring (bicyclic) bond motifs is 1. The maximum atomic E-state index is 12.3. The third kappa shape index (κ3) is 4.18. The van der Waals surface area contributed by atoms with Gasteiger partial charge in [0.15, 0.2) is 5.69 Å². The van der Waals surface area contributed by atoms with Crippen molar-refractivity contribution in [2.75, 3.05) is 6.54 Å². The molecule has 0 aliphatic carbocycles. The van der Waals surface area contributed by atoms with Crippen LogP contribution in [0.5, 0.6) is 0 Å². The Balaban J connectivity index is 0.00000225. The predicted octanol–water partition coefficient (Wildman–Crippen LogP) is 3.54. The van der Waals surface area contributed by atoms with Crippen molar-refractivity contribution >= 4 is 29.2 Å². The zero-order chi connectivity index (χ0) is 17.1. The molecule has 4 N–H and O–H groups in total. The Bertz CT molecular complexity index is 842. The Kier molecular flexibility index (Phi) is 6.17. The average Bonchev–Trinajstić information content (AvgIpc) is 3.03. The van der Waals surface area contributed by atoms with Gasteiger partial charge in [-0.15, -0.1) is 12.4 Å². The molecule has 1 heterocycles. The van der Waals surface area contributed by atoms with Crippen LogP contribution in [0.1, 0.15) is 47.4 Å². The minimum absolute atomic E-state index is 0. The third-order valence-corrected chi connectivity index (χ3v) is 4.20. The molecule has 132 valence electrons. The molecule has 0 aliphatic rings. The van der Waals surface area contributed by atoms with Crippen molar-refractivity contribution in [3.63, 3.8) is 0 Å². The van der Waals surface area contributed by atoms with Crippen LogP contribution in [0.3, 0.4) is 0 Å². The van der Waals surface area contributed by atoms with Crippen molar-refractivity contribution in [2.24, 2.45) is 5.73 Å². The van der Waals surface area contributed by atoms with Crippen LogP contribution in [0.4, 0.5) is 0 Å². The summed E-state index contributed by atoms with van der Waals surface area (Å²) in [7, 11) is 0. The van der Waals surface area contributed by atoms with Crippen LogP contribution in [0, 0.1) is 0 Å². The van der Waals surface area contributed by atoms with Crippen LogP contribution in [0.15, 0.2) is 48.5 Å². The number of nitrogens with zero attached hydrogens (tertiary/aromatic N) is 1. The number of carbonyl (C=O) groups is 1. The summed E-state index contributed by atoms with van der Waals surface area (Å²) in [4.78, 5) is 12.3. The van der Waals surface area contributed by atoms with Crippen LogP contribution < -0.4 is 11.1 Å². The Labute approximate surface area is 153 Å². The molecule has 0 spiro atoms. The van der Waals surface area contributed by atoms with E-state index >= 15 is 0 Å². The van der Waals surface area contributed by atoms with Crippen molar-refractivity contribution in [1.29, 1.82) is 0 Å². The second-order valence-corrected chi connectivity index (χ2v) is 6.26. The Morgan fingerprint density at radius 1 is 1.12 bits per heavy atom. The van der Waals surface area contributed by atoms with Gasteiger partial charge in [0.2, 0.25) is 0 Å². The number of amides is 1. The Morgan fingerprint density at radius 3 is 2.44 bits per heavy atom. The zero-order valence-electron chi connectivity index (χ0n) is 14.3. The maximum Gasteiger partial charge on any atom is 0.272 e. The number of para-hydroxylation sites is 1. The number of hydrogen-bond acceptors (Lipinski definition) is 3. The first kappa shape index (κ1) is 19.0. The quantitative estimate of drug-likeness (QED) is 0.652. The number of benzene rings is 2. The largest absolute Gasteiger partial charge is 0.349 e. The molecule has 5 nitrogen and oxygen atoms in total. The number of carbonyl (C=O) groups excluding carboxylic acids is 1. The van der Waals surface area contributed by atoms with E-state index in [1.54, 1.807) is 0 Å². The fraction of sp³-hybridized carbons (Fsp3) is 0.263. The number of H-pyrrole nitrogens is 1. The molecule has 1 unspecified atom stereocenters. The van der Waals surface area contributed by atoms with E-state index in [0.29, 0.717) is 18.2 Å². The minimum atomic E-state index is -0.250. The topological polar surface area (TPSA) is 83.8 Å². The molecule has 3 aromatic rings. The van der Waals surface area contributed by atoms with E-state index in [4.69, 9.17) is 5.73 Å². The van der Waals surface area contributed by atoms with Gasteiger partial charge in [-0.05, 0) is 23.1 Å². The summed E-state index contributed by atoms with van der Waals surface area (Å²) in [6.45, 7) is 4.67. The Morgan fingerprint density at radius 2 is 1.76 bits per heavy atom. The van der Waals surface area contributed by atoms with E-state index in [0.717, 1.165) is 16.5 Å². The molecule has 3 rings (SSSR count). The molecule has 0 bridgehead atoms. The van der Waals surface area contributed by atoms with E-state index in [9.17, 15) is 4.79 Å². The summed E-state index contributed by atoms with van der Waals surface area (Å²) in [6.07, 6.45) is 0. The highest BCUT2D eigenvalue weighted by atomic mass is 35.5. The first-order chi connectivity index (χ1) is 11.6. The highest BCUT2D eigenvalue weighted by molar-refractivity contribution is 6.04. The normalized spacial score (nSPS) is 12.0. The van der Waals surface area contributed by atoms with Crippen LogP contribution in [-0.4, -0.2) is 22.6 Å². The molecule has 6 heteroatoms. The molecular weight excluding hydrogens is 336 g/mol. The number of aromatic amines is 1. The highest BCUT2D eigenvalue weighted by Gasteiger charge is 2.15. The van der Waals surface area contributed by atoms with E-state index in [-0.39, 0.29) is 24.4 Å². The molecule has 0 fully saturated rings. The van der Waals surface area contributed by atoms with Crippen molar-refractivity contribution in [1.82, 2.24) is 15.5 Å². The molecular formula is C19H23ClN4O. The summed E-state index contributed by atoms with van der Waals surface area (Å²) in [5.74, 6) is 0.268. The lowest BCUT2D eigenvalue weighted by Gasteiger charge is -2.14. The van der Waals surface area contributed by atoms with Crippen molar-refractivity contribution in [3.8, 4) is 0 Å². The molecule has 1 aromatic heterocycles. The second-order valence-electron chi connectivity index (χ2n) is 6.26. The molecule has 1 amide bonds. The zero-order valence-corrected chi connectivity index (χ0v) is 15.1. The van der Waals surface area contributed by atoms with Crippen LogP contribution >= 0.6 is 12.4 Å². The molecule has 2 aromatic carbocycles. The monoisotopic (exact) mass is 358 g/mol. The van der Waals surface area contributed by atoms with E-state index in [1.165, 1.54) is 5.56 Å². The van der Waals surface area contributed by atoms with Gasteiger partial charge in [0.25, 0.3) is 5.91 Å². The molecule has 25 heavy (non-hydrogen) atoms. The third-order valence-electron chi connectivity index (χ3n) is 4.20. The van der Waals surface area contributed by atoms with Crippen molar-refractivity contribution < 1.29 is 4.79 Å². The van der Waals surface area contributed by atoms with Gasteiger partial charge in [-0.2, -0.15) is 5.10 Å². The number of nitrogens with one attached hydrogen (secondary N) is 2. The smallest absolute Gasteiger partial charge is 0.272 e. The molecule has 0 aliphatic heterocycles. The molecule has 0 saturated heterocycles. The lowest BCUT2D eigenvalue weighted by molar-refractivity contribution is 0.0948. The van der Waals surface area contributed by atoms with Crippen LogP contribution in [0.2, 0.25) is 0 Å². The number of hydrogen-bond donors (Lipinski definition) is 3. The first-order valence-corrected chi connectivity index (χ1v) is 8.13. The summed E-state index contributed by atoms with van der Waals surface area (Å²) in [6, 6.07) is 15.5. The van der Waals surface area contributed by atoms with Crippen LogP contribution in [-0.2, 0) is 0 Å². The van der Waals surface area contributed by atoms with Gasteiger partial charge in [0.05, 0.1) is 5.52 Å². The van der Waals surface area contributed by atoms with Crippen molar-refractivity contribution in [2.45, 2.75) is 25.8 Å². The number of halogens is 1. The Hall–Kier alpha value is -2.37. The van der Waals surface area contributed by atoms with Gasteiger partial charge < -0.3 is 11.1 Å². The van der Waals surface area contributed by atoms with Gasteiger partial charge in [-0.25, -0.2) is 0 Å². The lowest BCUT2D eigenvalue weighted by Crippen LogP contribution is -2.32. The average molecular weight is 359 g/mol. The molecule has 0 saturated carbocycles. The maximum absolute atomic E-state index is 12.3. The molecule has 0 radical (unpaired) electrons. The number of rotatable bonds is 5. The van der Waals surface area contributed by atoms with Crippen LogP contribution in [0.25, 0.3) is 10.9 Å². The summed E-state index contributed by atoms with van der Waals surface area (Å²) >= 11 is 0. The van der Waals surface area contributed by atoms with Gasteiger partial charge >= 0.3 is 0 Å². The summed E-state index contributed by atoms with van der Waals surface area (Å²) in [5.41, 5.74) is 9.71. The highest BCUT2D eigenvalue weighted by Crippen LogP contribution is 2.18. The second kappa shape index (κ2) is 8.14. The molecule has 1 atom stereocenters. The SMILES string of the molecule is CC(C)c1ccc(C(N)CNC(=O)c2n[nH]c3ccccc23)cc1.Cl. The van der Waals surface area contributed by atoms with E-state index in [1.807, 2.05) is 36.4 Å². The van der Waals surface area contributed by atoms with E-state index < -0.39 is 0 Å². The summed E-state index contributed by atoms with van der Waals surface area (Å²) < 4.78 is 0. The summed E-state index contributed by atoms with van der Waals surface area (Å²) in [5, 5.41) is 10.6. The van der Waals surface area contributed by atoms with Gasteiger partial charge in [0.1, 0.15) is 0 Å². The predicted molar refractivity (Wildman–Crippen MR) is 103 cm³/mol. The van der Waals surface area contributed by atoms with Gasteiger partial charge in [-0.1, -0.05) is 56.3 Å².